The van der Waals surface area contributed by atoms with Crippen molar-refractivity contribution in [2.24, 2.45) is 29.1 Å². The van der Waals surface area contributed by atoms with Gasteiger partial charge in [0.2, 0.25) is 0 Å². The number of hydrogen-bond donors (Lipinski definition) is 0. The van der Waals surface area contributed by atoms with Crippen LogP contribution in [0.1, 0.15) is 51.4 Å². The Hall–Kier alpha value is -0.260. The van der Waals surface area contributed by atoms with E-state index in [0.717, 1.165) is 29.1 Å². The van der Waals surface area contributed by atoms with Crippen LogP contribution >= 0.6 is 0 Å². The summed E-state index contributed by atoms with van der Waals surface area (Å²) in [5, 5.41) is 0. The van der Waals surface area contributed by atoms with Gasteiger partial charge in [0.1, 0.15) is 0 Å². The molecule has 0 N–H and O–H groups in total. The van der Waals surface area contributed by atoms with Crippen LogP contribution in [0, 0.1) is 29.1 Å². The van der Waals surface area contributed by atoms with E-state index in [2.05, 4.69) is 12.2 Å². The number of allylic oxidation sites excluding steroid dienone is 2. The van der Waals surface area contributed by atoms with Crippen molar-refractivity contribution in [1.82, 2.24) is 0 Å². The Labute approximate surface area is 93.1 Å². The Morgan fingerprint density at radius 1 is 0.867 bits per heavy atom. The average Bonchev–Trinajstić information content (AvgIpc) is 2.93. The van der Waals surface area contributed by atoms with Crippen molar-refractivity contribution in [3.8, 4) is 0 Å². The zero-order valence-corrected chi connectivity index (χ0v) is 9.62. The maximum atomic E-state index is 2.56. The molecule has 0 amide bonds. The minimum absolute atomic E-state index is 0.818. The largest absolute Gasteiger partial charge is 0.0851 e. The third kappa shape index (κ3) is 1.14. The first-order valence-corrected chi connectivity index (χ1v) is 7.04. The number of hydrogen-bond acceptors (Lipinski definition) is 0. The molecule has 3 unspecified atom stereocenters. The number of fused-ring (bicyclic) bond motifs is 5. The van der Waals surface area contributed by atoms with Crippen LogP contribution in [0.2, 0.25) is 0 Å². The second-order valence-electron chi connectivity index (χ2n) is 6.73. The van der Waals surface area contributed by atoms with Gasteiger partial charge in [0.15, 0.2) is 0 Å². The summed E-state index contributed by atoms with van der Waals surface area (Å²) >= 11 is 0. The SMILES string of the molecule is C1=CC2CC1CC2C12CCC(CC1)CC2. The number of rotatable bonds is 1. The van der Waals surface area contributed by atoms with Gasteiger partial charge in [0.05, 0.1) is 0 Å². The van der Waals surface area contributed by atoms with Gasteiger partial charge in [0.25, 0.3) is 0 Å². The van der Waals surface area contributed by atoms with Gasteiger partial charge in [-0.15, -0.1) is 0 Å². The van der Waals surface area contributed by atoms with Crippen LogP contribution in [-0.2, 0) is 0 Å². The predicted molar refractivity (Wildman–Crippen MR) is 62.5 cm³/mol. The van der Waals surface area contributed by atoms with Gasteiger partial charge in [-0.1, -0.05) is 12.2 Å². The fourth-order valence-electron chi connectivity index (χ4n) is 5.32. The summed E-state index contributed by atoms with van der Waals surface area (Å²) in [5.41, 5.74) is 0.818. The lowest BCUT2D eigenvalue weighted by Gasteiger charge is -2.52. The molecule has 5 aliphatic carbocycles. The lowest BCUT2D eigenvalue weighted by Crippen LogP contribution is -2.41. The standard InChI is InChI=1S/C15H22/c1-2-13-9-12(1)10-14(13)15-6-3-11(4-7-15)5-8-15/h1-2,11-14H,3-10H2. The van der Waals surface area contributed by atoms with Crippen molar-refractivity contribution in [1.29, 1.82) is 0 Å². The van der Waals surface area contributed by atoms with Crippen molar-refractivity contribution < 1.29 is 0 Å². The van der Waals surface area contributed by atoms with Gasteiger partial charge >= 0.3 is 0 Å². The van der Waals surface area contributed by atoms with Crippen LogP contribution in [-0.4, -0.2) is 0 Å². The highest BCUT2D eigenvalue weighted by Gasteiger charge is 2.51. The van der Waals surface area contributed by atoms with Crippen molar-refractivity contribution >= 4 is 0 Å². The van der Waals surface area contributed by atoms with E-state index in [1.807, 2.05) is 0 Å². The highest BCUT2D eigenvalue weighted by atomic mass is 14.6. The summed E-state index contributed by atoms with van der Waals surface area (Å²) in [6.07, 6.45) is 17.6. The second-order valence-corrected chi connectivity index (χ2v) is 6.73. The molecule has 0 saturated heterocycles. The first-order valence-electron chi connectivity index (χ1n) is 7.04. The van der Waals surface area contributed by atoms with Crippen LogP contribution in [0.15, 0.2) is 12.2 Å². The molecule has 4 fully saturated rings. The summed E-state index contributed by atoms with van der Waals surface area (Å²) in [6.45, 7) is 0. The van der Waals surface area contributed by atoms with E-state index in [1.54, 1.807) is 44.9 Å². The first kappa shape index (κ1) is 8.84. The second kappa shape index (κ2) is 2.90. The van der Waals surface area contributed by atoms with E-state index in [4.69, 9.17) is 0 Å². The third-order valence-electron chi connectivity index (χ3n) is 6.22. The molecule has 0 aliphatic heterocycles. The molecular formula is C15H22. The van der Waals surface area contributed by atoms with Crippen molar-refractivity contribution in [2.75, 3.05) is 0 Å². The summed E-state index contributed by atoms with van der Waals surface area (Å²) in [6, 6.07) is 0. The van der Waals surface area contributed by atoms with Crippen LogP contribution in [0.3, 0.4) is 0 Å². The molecule has 4 saturated carbocycles. The monoisotopic (exact) mass is 202 g/mol. The van der Waals surface area contributed by atoms with Gasteiger partial charge in [-0.2, -0.15) is 0 Å². The molecule has 5 rings (SSSR count). The molecule has 0 aromatic carbocycles. The molecule has 0 heteroatoms. The topological polar surface area (TPSA) is 0 Å². The van der Waals surface area contributed by atoms with Gasteiger partial charge in [-0.25, -0.2) is 0 Å². The quantitative estimate of drug-likeness (QED) is 0.560. The van der Waals surface area contributed by atoms with E-state index >= 15 is 0 Å². The van der Waals surface area contributed by atoms with Crippen molar-refractivity contribution in [2.45, 2.75) is 51.4 Å². The van der Waals surface area contributed by atoms with Gasteiger partial charge in [-0.3, -0.25) is 0 Å². The summed E-state index contributed by atoms with van der Waals surface area (Å²) in [7, 11) is 0. The lowest BCUT2D eigenvalue weighted by atomic mass is 9.53. The zero-order chi connectivity index (χ0) is 9.88. The molecule has 0 nitrogen and oxygen atoms in total. The smallest absolute Gasteiger partial charge is 0.0194 e. The molecule has 0 spiro atoms. The van der Waals surface area contributed by atoms with E-state index in [1.165, 1.54) is 6.42 Å². The summed E-state index contributed by atoms with van der Waals surface area (Å²) < 4.78 is 0. The van der Waals surface area contributed by atoms with Crippen molar-refractivity contribution in [3.63, 3.8) is 0 Å². The highest BCUT2D eigenvalue weighted by Crippen LogP contribution is 2.61. The van der Waals surface area contributed by atoms with E-state index < -0.39 is 0 Å². The Kier molecular flexibility index (Phi) is 1.71. The van der Waals surface area contributed by atoms with Crippen LogP contribution < -0.4 is 0 Å². The van der Waals surface area contributed by atoms with E-state index in [0.29, 0.717) is 0 Å². The van der Waals surface area contributed by atoms with Crippen LogP contribution in [0.5, 0.6) is 0 Å². The minimum atomic E-state index is 0.818. The zero-order valence-electron chi connectivity index (χ0n) is 9.62. The molecule has 5 aliphatic rings. The fraction of sp³-hybridized carbons (Fsp3) is 0.867. The average molecular weight is 202 g/mol. The molecule has 82 valence electrons. The first-order chi connectivity index (χ1) is 7.36. The fourth-order valence-corrected chi connectivity index (χ4v) is 5.32. The highest BCUT2D eigenvalue weighted by molar-refractivity contribution is 5.14. The van der Waals surface area contributed by atoms with Gasteiger partial charge in [-0.05, 0) is 80.5 Å². The van der Waals surface area contributed by atoms with Crippen molar-refractivity contribution in [3.05, 3.63) is 12.2 Å². The molecule has 4 bridgehead atoms. The van der Waals surface area contributed by atoms with Crippen LogP contribution in [0.25, 0.3) is 0 Å². The maximum absolute atomic E-state index is 2.56. The minimum Gasteiger partial charge on any atom is -0.0851 e. The maximum Gasteiger partial charge on any atom is -0.0194 e. The van der Waals surface area contributed by atoms with E-state index in [9.17, 15) is 0 Å². The Balaban J connectivity index is 1.63. The van der Waals surface area contributed by atoms with Crippen LogP contribution in [0.4, 0.5) is 0 Å². The Morgan fingerprint density at radius 3 is 2.13 bits per heavy atom. The molecule has 3 atom stereocenters. The molecular weight excluding hydrogens is 180 g/mol. The summed E-state index contributed by atoms with van der Waals surface area (Å²) in [4.78, 5) is 0. The normalized spacial score (nSPS) is 56.5. The van der Waals surface area contributed by atoms with Gasteiger partial charge < -0.3 is 0 Å². The lowest BCUT2D eigenvalue weighted by molar-refractivity contribution is -0.00318. The Bertz CT molecular complexity index is 279. The summed E-state index contributed by atoms with van der Waals surface area (Å²) in [5.74, 6) is 4.19. The molecule has 0 radical (unpaired) electrons. The molecule has 0 aromatic heterocycles. The third-order valence-corrected chi connectivity index (χ3v) is 6.22. The Morgan fingerprint density at radius 2 is 1.60 bits per heavy atom. The van der Waals surface area contributed by atoms with Gasteiger partial charge in [0, 0.05) is 0 Å². The predicted octanol–water partition coefficient (Wildman–Crippen LogP) is 4.17. The molecule has 0 aromatic rings. The van der Waals surface area contributed by atoms with E-state index in [-0.39, 0.29) is 0 Å². The molecule has 15 heavy (non-hydrogen) atoms. The molecule has 0 heterocycles.